The van der Waals surface area contributed by atoms with E-state index in [2.05, 4.69) is 0 Å². The Kier molecular flexibility index (Phi) is 6.44. The standard InChI is InChI=1S/C23H25NO4S/c1-15-20(16-6-9-18(26-3)10-7-16)13-22(29-15)23(25)24(2)14-17-8-11-19(27-4)12-21(17)28-5/h6-13H,14H2,1-5H3. The smallest absolute Gasteiger partial charge is 0.263 e. The van der Waals surface area contributed by atoms with Crippen LogP contribution in [0.15, 0.2) is 48.5 Å². The number of methoxy groups -OCH3 is 3. The van der Waals surface area contributed by atoms with Gasteiger partial charge >= 0.3 is 0 Å². The molecule has 1 amide bonds. The second-order valence-corrected chi connectivity index (χ2v) is 7.90. The number of carbonyl (C=O) groups is 1. The maximum Gasteiger partial charge on any atom is 0.263 e. The average Bonchev–Trinajstić information content (AvgIpc) is 3.14. The Labute approximate surface area is 175 Å². The van der Waals surface area contributed by atoms with E-state index in [1.54, 1.807) is 33.3 Å². The van der Waals surface area contributed by atoms with Gasteiger partial charge in [0.15, 0.2) is 0 Å². The molecule has 0 N–H and O–H groups in total. The minimum absolute atomic E-state index is 0.0178. The first kappa shape index (κ1) is 20.7. The van der Waals surface area contributed by atoms with Gasteiger partial charge in [-0.3, -0.25) is 4.79 Å². The van der Waals surface area contributed by atoms with Gasteiger partial charge < -0.3 is 19.1 Å². The molecular weight excluding hydrogens is 386 g/mol. The Hall–Kier alpha value is -2.99. The minimum Gasteiger partial charge on any atom is -0.497 e. The van der Waals surface area contributed by atoms with E-state index in [9.17, 15) is 4.79 Å². The van der Waals surface area contributed by atoms with Crippen molar-refractivity contribution in [3.8, 4) is 28.4 Å². The van der Waals surface area contributed by atoms with Gasteiger partial charge in [-0.2, -0.15) is 0 Å². The topological polar surface area (TPSA) is 48.0 Å². The number of nitrogens with zero attached hydrogens (tertiary/aromatic N) is 1. The predicted molar refractivity (Wildman–Crippen MR) is 116 cm³/mol. The van der Waals surface area contributed by atoms with Crippen LogP contribution in [0.3, 0.4) is 0 Å². The van der Waals surface area contributed by atoms with Crippen molar-refractivity contribution >= 4 is 17.2 Å². The molecule has 0 unspecified atom stereocenters. The summed E-state index contributed by atoms with van der Waals surface area (Å²) in [5.41, 5.74) is 3.06. The third-order valence-electron chi connectivity index (χ3n) is 4.78. The van der Waals surface area contributed by atoms with E-state index in [1.807, 2.05) is 55.5 Å². The van der Waals surface area contributed by atoms with Crippen molar-refractivity contribution in [1.29, 1.82) is 0 Å². The van der Waals surface area contributed by atoms with Gasteiger partial charge in [-0.05, 0) is 48.4 Å². The molecule has 0 saturated heterocycles. The fourth-order valence-corrected chi connectivity index (χ4v) is 4.18. The number of hydrogen-bond acceptors (Lipinski definition) is 5. The van der Waals surface area contributed by atoms with E-state index in [0.717, 1.165) is 33.1 Å². The number of amides is 1. The molecule has 1 aromatic heterocycles. The Bertz CT molecular complexity index is 995. The molecule has 6 heteroatoms. The van der Waals surface area contributed by atoms with Gasteiger partial charge in [0.1, 0.15) is 17.2 Å². The number of ether oxygens (including phenoxy) is 3. The minimum atomic E-state index is -0.0178. The van der Waals surface area contributed by atoms with Crippen LogP contribution in [0, 0.1) is 6.92 Å². The lowest BCUT2D eigenvalue weighted by Gasteiger charge is -2.18. The lowest BCUT2D eigenvalue weighted by Crippen LogP contribution is -2.25. The summed E-state index contributed by atoms with van der Waals surface area (Å²) in [6, 6.07) is 15.4. The third-order valence-corrected chi connectivity index (χ3v) is 5.82. The Balaban J connectivity index is 1.80. The first-order valence-corrected chi connectivity index (χ1v) is 9.99. The van der Waals surface area contributed by atoms with E-state index < -0.39 is 0 Å². The van der Waals surface area contributed by atoms with Crippen LogP contribution < -0.4 is 14.2 Å². The molecule has 0 bridgehead atoms. The predicted octanol–water partition coefficient (Wildman–Crippen LogP) is 5.02. The SMILES string of the molecule is COc1ccc(-c2cc(C(=O)N(C)Cc3ccc(OC)cc3OC)sc2C)cc1. The summed E-state index contributed by atoms with van der Waals surface area (Å²) in [5, 5.41) is 0. The van der Waals surface area contributed by atoms with Crippen molar-refractivity contribution in [2.75, 3.05) is 28.4 Å². The van der Waals surface area contributed by atoms with Gasteiger partial charge in [-0.25, -0.2) is 0 Å². The molecule has 0 saturated carbocycles. The van der Waals surface area contributed by atoms with Gasteiger partial charge in [0.25, 0.3) is 5.91 Å². The average molecular weight is 412 g/mol. The summed E-state index contributed by atoms with van der Waals surface area (Å²) >= 11 is 1.51. The van der Waals surface area contributed by atoms with Crippen molar-refractivity contribution in [2.24, 2.45) is 0 Å². The molecule has 0 radical (unpaired) electrons. The Morgan fingerprint density at radius 1 is 0.931 bits per heavy atom. The molecule has 1 heterocycles. The summed E-state index contributed by atoms with van der Waals surface area (Å²) in [7, 11) is 6.68. The normalized spacial score (nSPS) is 10.5. The van der Waals surface area contributed by atoms with Gasteiger partial charge in [0.2, 0.25) is 0 Å². The van der Waals surface area contributed by atoms with Crippen LogP contribution in [0.2, 0.25) is 0 Å². The zero-order valence-electron chi connectivity index (χ0n) is 17.3. The molecule has 29 heavy (non-hydrogen) atoms. The van der Waals surface area contributed by atoms with Gasteiger partial charge in [0.05, 0.1) is 26.2 Å². The van der Waals surface area contributed by atoms with E-state index in [-0.39, 0.29) is 5.91 Å². The number of carbonyl (C=O) groups excluding carboxylic acids is 1. The molecule has 152 valence electrons. The third kappa shape index (κ3) is 4.54. The maximum absolute atomic E-state index is 13.0. The van der Waals surface area contributed by atoms with E-state index in [1.165, 1.54) is 11.3 Å². The van der Waals surface area contributed by atoms with E-state index in [0.29, 0.717) is 17.2 Å². The maximum atomic E-state index is 13.0. The van der Waals surface area contributed by atoms with E-state index in [4.69, 9.17) is 14.2 Å². The van der Waals surface area contributed by atoms with Crippen LogP contribution in [0.1, 0.15) is 20.1 Å². The summed E-state index contributed by atoms with van der Waals surface area (Å²) in [5.74, 6) is 2.21. The highest BCUT2D eigenvalue weighted by Gasteiger charge is 2.19. The summed E-state index contributed by atoms with van der Waals surface area (Å²) < 4.78 is 15.9. The second-order valence-electron chi connectivity index (χ2n) is 6.65. The number of thiophene rings is 1. The molecule has 5 nitrogen and oxygen atoms in total. The molecular formula is C23H25NO4S. The molecule has 0 aliphatic heterocycles. The molecule has 3 aromatic rings. The number of benzene rings is 2. The molecule has 0 fully saturated rings. The number of aryl methyl sites for hydroxylation is 1. The van der Waals surface area contributed by atoms with E-state index >= 15 is 0 Å². The van der Waals surface area contributed by atoms with Crippen molar-refractivity contribution in [3.63, 3.8) is 0 Å². The molecule has 3 rings (SSSR count). The summed E-state index contributed by atoms with van der Waals surface area (Å²) in [4.78, 5) is 16.5. The van der Waals surface area contributed by atoms with Crippen LogP contribution in [-0.4, -0.2) is 39.2 Å². The Morgan fingerprint density at radius 3 is 2.21 bits per heavy atom. The number of rotatable bonds is 7. The van der Waals surface area contributed by atoms with Crippen molar-refractivity contribution in [1.82, 2.24) is 4.90 Å². The highest BCUT2D eigenvalue weighted by molar-refractivity contribution is 7.14. The second kappa shape index (κ2) is 9.01. The van der Waals surface area contributed by atoms with Gasteiger partial charge in [0, 0.05) is 30.1 Å². The molecule has 0 aliphatic rings. The highest BCUT2D eigenvalue weighted by Crippen LogP contribution is 2.33. The Morgan fingerprint density at radius 2 is 1.59 bits per heavy atom. The molecule has 0 aliphatic carbocycles. The largest absolute Gasteiger partial charge is 0.497 e. The summed E-state index contributed by atoms with van der Waals surface area (Å²) in [6.07, 6.45) is 0. The van der Waals surface area contributed by atoms with Crippen LogP contribution in [0.5, 0.6) is 17.2 Å². The zero-order chi connectivity index (χ0) is 21.0. The molecule has 0 atom stereocenters. The quantitative estimate of drug-likeness (QED) is 0.548. The highest BCUT2D eigenvalue weighted by atomic mass is 32.1. The van der Waals surface area contributed by atoms with Gasteiger partial charge in [-0.15, -0.1) is 11.3 Å². The lowest BCUT2D eigenvalue weighted by molar-refractivity contribution is 0.0789. The fourth-order valence-electron chi connectivity index (χ4n) is 3.14. The zero-order valence-corrected chi connectivity index (χ0v) is 18.1. The van der Waals surface area contributed by atoms with Crippen molar-refractivity contribution in [3.05, 3.63) is 63.8 Å². The molecule has 0 spiro atoms. The van der Waals surface area contributed by atoms with Gasteiger partial charge in [-0.1, -0.05) is 12.1 Å². The van der Waals surface area contributed by atoms with Crippen molar-refractivity contribution in [2.45, 2.75) is 13.5 Å². The fraction of sp³-hybridized carbons (Fsp3) is 0.261. The summed E-state index contributed by atoms with van der Waals surface area (Å²) in [6.45, 7) is 2.48. The van der Waals surface area contributed by atoms with Crippen LogP contribution in [-0.2, 0) is 6.54 Å². The monoisotopic (exact) mass is 411 g/mol. The van der Waals surface area contributed by atoms with Crippen molar-refractivity contribution < 1.29 is 19.0 Å². The first-order chi connectivity index (χ1) is 14.0. The van der Waals surface area contributed by atoms with Crippen LogP contribution in [0.25, 0.3) is 11.1 Å². The molecule has 2 aromatic carbocycles. The van der Waals surface area contributed by atoms with Crippen LogP contribution >= 0.6 is 11.3 Å². The lowest BCUT2D eigenvalue weighted by atomic mass is 10.1. The first-order valence-electron chi connectivity index (χ1n) is 9.18. The number of hydrogen-bond donors (Lipinski definition) is 0. The van der Waals surface area contributed by atoms with Crippen LogP contribution in [0.4, 0.5) is 0 Å².